The molecule has 33 heavy (non-hydrogen) atoms. The van der Waals surface area contributed by atoms with Gasteiger partial charge in [-0.1, -0.05) is 6.07 Å². The van der Waals surface area contributed by atoms with E-state index < -0.39 is 28.2 Å². The Labute approximate surface area is 185 Å². The van der Waals surface area contributed by atoms with Crippen molar-refractivity contribution in [2.75, 3.05) is 14.2 Å². The maximum absolute atomic E-state index is 11.4. The first kappa shape index (κ1) is 23.3. The van der Waals surface area contributed by atoms with Gasteiger partial charge >= 0.3 is 23.6 Å². The Hall–Kier alpha value is -4.39. The average molecular weight is 457 g/mol. The van der Waals surface area contributed by atoms with Crippen molar-refractivity contribution in [3.63, 3.8) is 0 Å². The number of benzene rings is 1. The summed E-state index contributed by atoms with van der Waals surface area (Å²) >= 11 is 0. The highest BCUT2D eigenvalue weighted by Crippen LogP contribution is 2.29. The lowest BCUT2D eigenvalue weighted by atomic mass is 10.1. The van der Waals surface area contributed by atoms with E-state index in [1.165, 1.54) is 12.7 Å². The minimum atomic E-state index is -1.41. The lowest BCUT2D eigenvalue weighted by molar-refractivity contribution is -0.383. The number of carbonyl (C=O) groups is 3. The van der Waals surface area contributed by atoms with Gasteiger partial charge in [0.05, 0.1) is 24.7 Å². The van der Waals surface area contributed by atoms with Crippen molar-refractivity contribution in [2.24, 2.45) is 5.73 Å². The number of hydrogen-bond donors (Lipinski definition) is 2. The molecule has 0 spiro atoms. The summed E-state index contributed by atoms with van der Waals surface area (Å²) in [4.78, 5) is 47.3. The molecule has 0 amide bonds. The van der Waals surface area contributed by atoms with Crippen LogP contribution in [0, 0.1) is 10.1 Å². The molecule has 1 atom stereocenters. The molecule has 0 radical (unpaired) electrons. The molecule has 0 saturated heterocycles. The van der Waals surface area contributed by atoms with Crippen molar-refractivity contribution in [2.45, 2.75) is 18.9 Å². The molecule has 2 aromatic heterocycles. The molecule has 4 rings (SSSR count). The minimum absolute atomic E-state index is 0.136. The Morgan fingerprint density at radius 3 is 2.52 bits per heavy atom. The van der Waals surface area contributed by atoms with Crippen molar-refractivity contribution in [3.8, 4) is 0 Å². The highest BCUT2D eigenvalue weighted by atomic mass is 16.6. The van der Waals surface area contributed by atoms with E-state index in [1.807, 2.05) is 12.1 Å². The maximum atomic E-state index is 11.4. The third-order valence-electron chi connectivity index (χ3n) is 4.95. The highest BCUT2D eigenvalue weighted by Gasteiger charge is 2.24. The third-order valence-corrected chi connectivity index (χ3v) is 4.95. The van der Waals surface area contributed by atoms with Gasteiger partial charge < -0.3 is 20.3 Å². The topological polar surface area (TPSA) is 189 Å². The Kier molecular flexibility index (Phi) is 6.63. The van der Waals surface area contributed by atoms with Crippen LogP contribution in [0.5, 0.6) is 0 Å². The SMILES string of the molecule is COC(=O)c1cc(C(=O)O)n2ncc([N+](=O)[O-])c2n1.COC(=O)c1ccc2c(c1)CC[C@@H]2N. The van der Waals surface area contributed by atoms with Crippen LogP contribution in [0.25, 0.3) is 5.65 Å². The molecule has 3 aromatic rings. The number of methoxy groups -OCH3 is 2. The van der Waals surface area contributed by atoms with Crippen molar-refractivity contribution in [1.82, 2.24) is 14.6 Å². The van der Waals surface area contributed by atoms with Crippen LogP contribution in [0.3, 0.4) is 0 Å². The van der Waals surface area contributed by atoms with Gasteiger partial charge in [0, 0.05) is 12.1 Å². The minimum Gasteiger partial charge on any atom is -0.477 e. The van der Waals surface area contributed by atoms with Crippen LogP contribution in [-0.2, 0) is 15.9 Å². The zero-order chi connectivity index (χ0) is 24.3. The third kappa shape index (κ3) is 4.62. The number of esters is 2. The van der Waals surface area contributed by atoms with Crippen LogP contribution in [0.4, 0.5) is 5.69 Å². The number of nitrogens with zero attached hydrogens (tertiary/aromatic N) is 4. The van der Waals surface area contributed by atoms with Crippen LogP contribution in [0.1, 0.15) is 54.9 Å². The first-order valence-corrected chi connectivity index (χ1v) is 9.49. The molecule has 1 aromatic carbocycles. The average Bonchev–Trinajstić information content (AvgIpc) is 3.41. The summed E-state index contributed by atoms with van der Waals surface area (Å²) in [5.74, 6) is -2.59. The van der Waals surface area contributed by atoms with E-state index >= 15 is 0 Å². The van der Waals surface area contributed by atoms with Gasteiger partial charge in [-0.2, -0.15) is 5.10 Å². The molecule has 0 unspecified atom stereocenters. The van der Waals surface area contributed by atoms with Crippen molar-refractivity contribution >= 4 is 29.2 Å². The zero-order valence-electron chi connectivity index (χ0n) is 17.5. The second kappa shape index (κ2) is 9.40. The van der Waals surface area contributed by atoms with E-state index in [4.69, 9.17) is 10.8 Å². The summed E-state index contributed by atoms with van der Waals surface area (Å²) in [6.45, 7) is 0. The van der Waals surface area contributed by atoms with Gasteiger partial charge in [0.25, 0.3) is 0 Å². The number of ether oxygens (including phenoxy) is 2. The zero-order valence-corrected chi connectivity index (χ0v) is 17.5. The lowest BCUT2D eigenvalue weighted by Crippen LogP contribution is -2.13. The summed E-state index contributed by atoms with van der Waals surface area (Å²) in [7, 11) is 2.47. The number of aryl methyl sites for hydroxylation is 1. The molecule has 1 aliphatic carbocycles. The molecule has 0 aliphatic heterocycles. The normalized spacial score (nSPS) is 14.1. The van der Waals surface area contributed by atoms with Crippen molar-refractivity contribution in [1.29, 1.82) is 0 Å². The first-order valence-electron chi connectivity index (χ1n) is 9.49. The van der Waals surface area contributed by atoms with E-state index in [9.17, 15) is 24.5 Å². The second-order valence-corrected chi connectivity index (χ2v) is 6.90. The van der Waals surface area contributed by atoms with E-state index in [-0.39, 0.29) is 23.4 Å². The van der Waals surface area contributed by atoms with Crippen LogP contribution in [-0.4, -0.2) is 56.8 Å². The largest absolute Gasteiger partial charge is 0.477 e. The number of aromatic carboxylic acids is 1. The number of aromatic nitrogens is 3. The van der Waals surface area contributed by atoms with Crippen LogP contribution >= 0.6 is 0 Å². The van der Waals surface area contributed by atoms with E-state index in [0.29, 0.717) is 5.56 Å². The number of rotatable bonds is 4. The predicted molar refractivity (Wildman–Crippen MR) is 111 cm³/mol. The molecule has 2 heterocycles. The molecule has 3 N–H and O–H groups in total. The molecular weight excluding hydrogens is 438 g/mol. The number of fused-ring (bicyclic) bond motifs is 2. The fourth-order valence-corrected chi connectivity index (χ4v) is 3.34. The number of nitrogens with two attached hydrogens (primary N) is 1. The van der Waals surface area contributed by atoms with E-state index in [1.54, 1.807) is 6.07 Å². The predicted octanol–water partition coefficient (Wildman–Crippen LogP) is 1.54. The standard InChI is InChI=1S/C11H13NO2.C9H6N4O6/c1-14-11(13)8-2-4-9-7(6-8)3-5-10(9)12;1-19-9(16)4-2-5(8(14)15)12-7(11-4)6(3-10-12)13(17)18/h2,4,6,10H,3,5,12H2,1H3;2-3H,1H3,(H,14,15)/t10-;/m0./s1. The van der Waals surface area contributed by atoms with Crippen LogP contribution in [0.2, 0.25) is 0 Å². The summed E-state index contributed by atoms with van der Waals surface area (Å²) in [6.07, 6.45) is 2.79. The highest BCUT2D eigenvalue weighted by molar-refractivity contribution is 5.93. The van der Waals surface area contributed by atoms with E-state index in [0.717, 1.165) is 42.3 Å². The summed E-state index contributed by atoms with van der Waals surface area (Å²) < 4.78 is 9.83. The lowest BCUT2D eigenvalue weighted by Gasteiger charge is -2.05. The number of carbonyl (C=O) groups excluding carboxylic acids is 2. The van der Waals surface area contributed by atoms with Crippen molar-refractivity contribution < 1.29 is 33.9 Å². The van der Waals surface area contributed by atoms with Gasteiger partial charge in [0.15, 0.2) is 11.4 Å². The second-order valence-electron chi connectivity index (χ2n) is 6.90. The van der Waals surface area contributed by atoms with Crippen LogP contribution in [0.15, 0.2) is 30.5 Å². The van der Waals surface area contributed by atoms with Gasteiger partial charge in [-0.15, -0.1) is 0 Å². The Morgan fingerprint density at radius 1 is 1.21 bits per heavy atom. The van der Waals surface area contributed by atoms with E-state index in [2.05, 4.69) is 19.6 Å². The smallest absolute Gasteiger partial charge is 0.356 e. The monoisotopic (exact) mass is 457 g/mol. The summed E-state index contributed by atoms with van der Waals surface area (Å²) in [6, 6.07) is 6.65. The first-order chi connectivity index (χ1) is 15.7. The molecule has 13 nitrogen and oxygen atoms in total. The molecule has 0 fully saturated rings. The van der Waals surface area contributed by atoms with Gasteiger partial charge in [-0.05, 0) is 36.1 Å². The van der Waals surface area contributed by atoms with Crippen molar-refractivity contribution in [3.05, 3.63) is 68.7 Å². The molecule has 0 saturated carbocycles. The molecule has 13 heteroatoms. The number of carboxylic acid groups (broad SMARTS) is 1. The summed E-state index contributed by atoms with van der Waals surface area (Å²) in [5.41, 5.74) is 7.21. The summed E-state index contributed by atoms with van der Waals surface area (Å²) in [5, 5.41) is 23.3. The number of hydrogen-bond acceptors (Lipinski definition) is 10. The Balaban J connectivity index is 0.000000194. The van der Waals surface area contributed by atoms with Gasteiger partial charge in [-0.3, -0.25) is 10.1 Å². The molecule has 1 aliphatic rings. The molecule has 172 valence electrons. The molecule has 0 bridgehead atoms. The van der Waals surface area contributed by atoms with Gasteiger partial charge in [0.2, 0.25) is 5.65 Å². The van der Waals surface area contributed by atoms with Crippen LogP contribution < -0.4 is 5.73 Å². The van der Waals surface area contributed by atoms with Gasteiger partial charge in [0.1, 0.15) is 6.20 Å². The number of carboxylic acids is 1. The van der Waals surface area contributed by atoms with Gasteiger partial charge in [-0.25, -0.2) is 23.9 Å². The number of nitro groups is 1. The maximum Gasteiger partial charge on any atom is 0.356 e. The Bertz CT molecular complexity index is 1270. The fourth-order valence-electron chi connectivity index (χ4n) is 3.34. The Morgan fingerprint density at radius 2 is 1.91 bits per heavy atom. The fraction of sp³-hybridized carbons (Fsp3) is 0.250. The quantitative estimate of drug-likeness (QED) is 0.328. The molecular formula is C20H19N5O8.